The summed E-state index contributed by atoms with van der Waals surface area (Å²) in [6.07, 6.45) is 3.13. The number of ether oxygens (including phenoxy) is 2. The number of rotatable bonds is 10. The number of aryl methyl sites for hydroxylation is 1. The van der Waals surface area contributed by atoms with Crippen LogP contribution in [-0.2, 0) is 21.6 Å². The van der Waals surface area contributed by atoms with Crippen molar-refractivity contribution >= 4 is 41.1 Å². The summed E-state index contributed by atoms with van der Waals surface area (Å²) >= 11 is 0. The number of carbonyl (C=O) groups excluding carboxylic acids is 1. The molecular weight excluding hydrogens is 569 g/mol. The van der Waals surface area contributed by atoms with Gasteiger partial charge in [0.15, 0.2) is 5.78 Å². The molecule has 0 aliphatic rings. The predicted octanol–water partition coefficient (Wildman–Crippen LogP) is 6.97. The van der Waals surface area contributed by atoms with Crippen molar-refractivity contribution in [2.75, 3.05) is 14.2 Å². The maximum atomic E-state index is 13.1. The average molecular weight is 607 g/mol. The third-order valence-corrected chi connectivity index (χ3v) is 13.4. The molecule has 10 heteroatoms. The van der Waals surface area contributed by atoms with Gasteiger partial charge in [0, 0.05) is 40.7 Å². The largest absolute Gasteiger partial charge is 0.496 e. The van der Waals surface area contributed by atoms with Gasteiger partial charge in [-0.2, -0.15) is 0 Å². The van der Waals surface area contributed by atoms with Crippen molar-refractivity contribution in [1.29, 1.82) is 0 Å². The average Bonchev–Trinajstić information content (AvgIpc) is 3.30. The maximum Gasteiger partial charge on any atom is 0.261 e. The number of fused-ring (bicyclic) bond motifs is 1. The monoisotopic (exact) mass is 606 g/mol. The van der Waals surface area contributed by atoms with Crippen molar-refractivity contribution in [3.8, 4) is 22.8 Å². The Morgan fingerprint density at radius 2 is 1.57 bits per heavy atom. The Hall–Kier alpha value is -3.70. The van der Waals surface area contributed by atoms with Crippen molar-refractivity contribution in [2.24, 2.45) is 7.05 Å². The second-order valence-electron chi connectivity index (χ2n) is 11.6. The second kappa shape index (κ2) is 11.9. The first kappa shape index (κ1) is 31.2. The van der Waals surface area contributed by atoms with Crippen molar-refractivity contribution in [3.05, 3.63) is 83.9 Å². The predicted molar refractivity (Wildman–Crippen MR) is 170 cm³/mol. The highest BCUT2D eigenvalue weighted by Gasteiger charge is 2.39. The lowest BCUT2D eigenvalue weighted by Crippen LogP contribution is -2.46. The Balaban J connectivity index is 1.58. The highest BCUT2D eigenvalue weighted by Crippen LogP contribution is 2.39. The van der Waals surface area contributed by atoms with Crippen LogP contribution in [0.5, 0.6) is 11.5 Å². The molecule has 0 amide bonds. The van der Waals surface area contributed by atoms with E-state index in [2.05, 4.69) is 27.7 Å². The van der Waals surface area contributed by atoms with Crippen LogP contribution in [0, 0.1) is 0 Å². The van der Waals surface area contributed by atoms with Crippen LogP contribution >= 0.6 is 0 Å². The zero-order chi connectivity index (χ0) is 30.9. The van der Waals surface area contributed by atoms with Crippen LogP contribution < -0.4 is 14.4 Å². The summed E-state index contributed by atoms with van der Waals surface area (Å²) in [5.41, 5.74) is 3.94. The van der Waals surface area contributed by atoms with Crippen LogP contribution in [0.25, 0.3) is 28.2 Å². The van der Waals surface area contributed by atoms with Crippen LogP contribution in [0.1, 0.15) is 36.7 Å². The van der Waals surface area contributed by atoms with Crippen molar-refractivity contribution in [2.45, 2.75) is 43.8 Å². The first-order valence-corrected chi connectivity index (χ1v) is 17.9. The van der Waals surface area contributed by atoms with E-state index in [1.54, 1.807) is 26.4 Å². The molecule has 4 rings (SSSR count). The van der Waals surface area contributed by atoms with E-state index >= 15 is 0 Å². The summed E-state index contributed by atoms with van der Waals surface area (Å²) in [6.45, 7) is 9.96. The molecule has 3 aromatic carbocycles. The molecule has 8 nitrogen and oxygen atoms in total. The number of nitrogens with zero attached hydrogens (tertiary/aromatic N) is 1. The normalized spacial score (nSPS) is 12.7. The number of aromatic nitrogens is 1. The smallest absolute Gasteiger partial charge is 0.261 e. The Morgan fingerprint density at radius 1 is 0.929 bits per heavy atom. The van der Waals surface area contributed by atoms with Crippen LogP contribution in [-0.4, -0.2) is 41.3 Å². The summed E-state index contributed by atoms with van der Waals surface area (Å²) in [7, 11) is -1.08. The molecule has 4 aromatic rings. The van der Waals surface area contributed by atoms with Crippen LogP contribution in [0.2, 0.25) is 18.1 Å². The molecule has 0 unspecified atom stereocenters. The summed E-state index contributed by atoms with van der Waals surface area (Å²) in [4.78, 5) is 15.3. The number of para-hydroxylation sites is 1. The van der Waals surface area contributed by atoms with Gasteiger partial charge in [0.25, 0.3) is 10.0 Å². The van der Waals surface area contributed by atoms with Crippen LogP contribution in [0.15, 0.2) is 77.7 Å². The molecule has 0 fully saturated rings. The van der Waals surface area contributed by atoms with E-state index < -0.39 is 18.3 Å². The Morgan fingerprint density at radius 3 is 2.17 bits per heavy atom. The molecule has 222 valence electrons. The first-order chi connectivity index (χ1) is 19.7. The molecule has 0 aliphatic carbocycles. The number of allylic oxidation sites excluding steroid dienone is 1. The van der Waals surface area contributed by atoms with Gasteiger partial charge >= 0.3 is 0 Å². The van der Waals surface area contributed by atoms with Gasteiger partial charge in [-0.05, 0) is 72.7 Å². The standard InChI is InChI=1S/C32H38N2O6SSi/c1-32(2,3)42(7,8)40-33-41(36,37)25-16-13-22(14-17-25)29(35)18-15-24-19-26(31(39-6)21-30(24)38-5)28-20-23-11-9-10-12-27(23)34(28)4/h9-21,33H,1-8H3/b18-15+. The molecule has 0 saturated heterocycles. The number of nitrogens with one attached hydrogen (secondary N) is 1. The van der Waals surface area contributed by atoms with Gasteiger partial charge in [0.05, 0.1) is 24.8 Å². The van der Waals surface area contributed by atoms with E-state index in [4.69, 9.17) is 14.0 Å². The number of benzene rings is 3. The summed E-state index contributed by atoms with van der Waals surface area (Å²) in [6, 6.07) is 19.7. The highest BCUT2D eigenvalue weighted by molar-refractivity contribution is 7.89. The highest BCUT2D eigenvalue weighted by atomic mass is 32.2. The molecule has 0 aliphatic heterocycles. The molecule has 1 aromatic heterocycles. The first-order valence-electron chi connectivity index (χ1n) is 13.5. The maximum absolute atomic E-state index is 13.1. The molecule has 0 atom stereocenters. The van der Waals surface area contributed by atoms with Gasteiger partial charge in [0.1, 0.15) is 11.5 Å². The van der Waals surface area contributed by atoms with Gasteiger partial charge in [-0.1, -0.05) is 39.0 Å². The third-order valence-electron chi connectivity index (χ3n) is 7.86. The molecule has 0 radical (unpaired) electrons. The van der Waals surface area contributed by atoms with E-state index in [0.717, 1.165) is 22.2 Å². The Kier molecular flexibility index (Phi) is 8.84. The van der Waals surface area contributed by atoms with Gasteiger partial charge in [-0.15, -0.1) is 4.89 Å². The van der Waals surface area contributed by atoms with E-state index in [0.29, 0.717) is 22.6 Å². The number of sulfonamides is 1. The van der Waals surface area contributed by atoms with Gasteiger partial charge < -0.3 is 18.6 Å². The molecule has 42 heavy (non-hydrogen) atoms. The fraction of sp³-hybridized carbons (Fsp3) is 0.281. The number of hydrogen-bond donors (Lipinski definition) is 1. The van der Waals surface area contributed by atoms with Crippen molar-refractivity contribution in [1.82, 2.24) is 9.45 Å². The van der Waals surface area contributed by atoms with Crippen LogP contribution in [0.4, 0.5) is 0 Å². The molecular formula is C32H38N2O6SSi. The minimum atomic E-state index is -3.91. The van der Waals surface area contributed by atoms with E-state index in [9.17, 15) is 13.2 Å². The zero-order valence-corrected chi connectivity index (χ0v) is 27.1. The zero-order valence-electron chi connectivity index (χ0n) is 25.3. The lowest BCUT2D eigenvalue weighted by molar-refractivity contribution is 0.104. The minimum absolute atomic E-state index is 0.0122. The Labute approximate surface area is 249 Å². The summed E-state index contributed by atoms with van der Waals surface area (Å²) in [5, 5.41) is 0.938. The topological polar surface area (TPSA) is 95.9 Å². The van der Waals surface area contributed by atoms with Gasteiger partial charge in [-0.3, -0.25) is 4.79 Å². The quantitative estimate of drug-likeness (QED) is 0.0906. The molecule has 0 bridgehead atoms. The molecule has 1 N–H and O–H groups in total. The van der Waals surface area contributed by atoms with E-state index in [1.165, 1.54) is 30.3 Å². The molecule has 0 spiro atoms. The number of carbonyl (C=O) groups is 1. The van der Waals surface area contributed by atoms with Crippen molar-refractivity contribution < 1.29 is 27.2 Å². The van der Waals surface area contributed by atoms with Crippen LogP contribution in [0.3, 0.4) is 0 Å². The van der Waals surface area contributed by atoms with Gasteiger partial charge in [0.2, 0.25) is 8.32 Å². The minimum Gasteiger partial charge on any atom is -0.496 e. The lowest BCUT2D eigenvalue weighted by atomic mass is 10.0. The Bertz CT molecular complexity index is 1750. The second-order valence-corrected chi connectivity index (χ2v) is 18.0. The number of ketones is 1. The summed E-state index contributed by atoms with van der Waals surface area (Å²) < 4.78 is 44.7. The third kappa shape index (κ3) is 6.36. The van der Waals surface area contributed by atoms with E-state index in [1.807, 2.05) is 59.1 Å². The fourth-order valence-electron chi connectivity index (χ4n) is 4.22. The molecule has 1 heterocycles. The summed E-state index contributed by atoms with van der Waals surface area (Å²) in [5.74, 6) is 0.908. The SMILES string of the molecule is COc1cc(OC)c(-c2cc3ccccc3n2C)cc1/C=C/C(=O)c1ccc(S(=O)(=O)NO[Si](C)(C)C(C)(C)C)cc1. The lowest BCUT2D eigenvalue weighted by Gasteiger charge is -2.35. The molecule has 0 saturated carbocycles. The fourth-order valence-corrected chi connectivity index (χ4v) is 6.39. The number of methoxy groups -OCH3 is 2. The number of hydrogen-bond acceptors (Lipinski definition) is 6. The van der Waals surface area contributed by atoms with Crippen molar-refractivity contribution in [3.63, 3.8) is 0 Å². The van der Waals surface area contributed by atoms with Gasteiger partial charge in [-0.25, -0.2) is 8.42 Å². The van der Waals surface area contributed by atoms with E-state index in [-0.39, 0.29) is 15.7 Å².